The lowest BCUT2D eigenvalue weighted by molar-refractivity contribution is 0.422. The van der Waals surface area contributed by atoms with E-state index in [4.69, 9.17) is 4.52 Å². The van der Waals surface area contributed by atoms with Crippen molar-refractivity contribution in [2.75, 3.05) is 13.6 Å². The molecule has 0 aliphatic rings. The van der Waals surface area contributed by atoms with Crippen molar-refractivity contribution in [1.29, 1.82) is 0 Å². The van der Waals surface area contributed by atoms with Gasteiger partial charge < -0.3 is 15.2 Å². The zero-order chi connectivity index (χ0) is 19.8. The molecule has 0 amide bonds. The molecule has 7 nitrogen and oxygen atoms in total. The van der Waals surface area contributed by atoms with Gasteiger partial charge in [0, 0.05) is 49.6 Å². The maximum Gasteiger partial charge on any atom is 0.257 e. The normalized spacial score (nSPS) is 11.2. The minimum Gasteiger partial charge on any atom is -0.356 e. The highest BCUT2D eigenvalue weighted by Crippen LogP contribution is 2.19. The average molecular weight is 526 g/mol. The van der Waals surface area contributed by atoms with Crippen molar-refractivity contribution < 1.29 is 4.52 Å². The first-order chi connectivity index (χ1) is 13.7. The van der Waals surface area contributed by atoms with Crippen molar-refractivity contribution in [3.63, 3.8) is 0 Å². The van der Waals surface area contributed by atoms with Crippen LogP contribution in [0.1, 0.15) is 34.6 Å². The van der Waals surface area contributed by atoms with E-state index >= 15 is 0 Å². The fourth-order valence-electron chi connectivity index (χ4n) is 2.72. The highest BCUT2D eigenvalue weighted by molar-refractivity contribution is 14.0. The molecule has 1 aromatic carbocycles. The van der Waals surface area contributed by atoms with Gasteiger partial charge in [0.25, 0.3) is 5.89 Å². The monoisotopic (exact) mass is 526 g/mol. The lowest BCUT2D eigenvalue weighted by Crippen LogP contribution is -2.37. The summed E-state index contributed by atoms with van der Waals surface area (Å²) in [6.45, 7) is 5.61. The molecule has 2 N–H and O–H groups in total. The zero-order valence-corrected chi connectivity index (χ0v) is 20.1. The van der Waals surface area contributed by atoms with Gasteiger partial charge in [0.2, 0.25) is 0 Å². The SMILES string of the molecule is CCCc1noc(-c2cccc(CNC(=NC)NCCc3ncc(C)s3)c2)n1.I. The van der Waals surface area contributed by atoms with Crippen LogP contribution in [0, 0.1) is 6.92 Å². The van der Waals surface area contributed by atoms with E-state index in [2.05, 4.69) is 56.7 Å². The Morgan fingerprint density at radius 3 is 2.83 bits per heavy atom. The number of aromatic nitrogens is 3. The summed E-state index contributed by atoms with van der Waals surface area (Å²) in [7, 11) is 1.77. The number of rotatable bonds is 8. The Hall–Kier alpha value is -2.01. The summed E-state index contributed by atoms with van der Waals surface area (Å²) >= 11 is 1.73. The molecule has 2 heterocycles. The van der Waals surface area contributed by atoms with Gasteiger partial charge in [-0.15, -0.1) is 35.3 Å². The summed E-state index contributed by atoms with van der Waals surface area (Å²) in [5.41, 5.74) is 2.04. The number of hydrogen-bond acceptors (Lipinski definition) is 6. The maximum atomic E-state index is 5.38. The Morgan fingerprint density at radius 2 is 2.10 bits per heavy atom. The number of hydrogen-bond donors (Lipinski definition) is 2. The van der Waals surface area contributed by atoms with E-state index < -0.39 is 0 Å². The van der Waals surface area contributed by atoms with Gasteiger partial charge in [-0.2, -0.15) is 4.98 Å². The smallest absolute Gasteiger partial charge is 0.257 e. The molecule has 156 valence electrons. The molecule has 0 spiro atoms. The third-order valence-electron chi connectivity index (χ3n) is 4.10. The number of aliphatic imine (C=N–C) groups is 1. The van der Waals surface area contributed by atoms with Gasteiger partial charge in [0.1, 0.15) is 0 Å². The lowest BCUT2D eigenvalue weighted by Gasteiger charge is -2.11. The molecular weight excluding hydrogens is 499 g/mol. The standard InChI is InChI=1S/C20H26N6OS.HI/c1-4-6-17-25-19(27-26-17)16-8-5-7-15(11-16)13-24-20(21-3)22-10-9-18-23-12-14(2)28-18;/h5,7-8,11-12H,4,6,9-10,13H2,1-3H3,(H2,21,22,24);1H. The predicted molar refractivity (Wildman–Crippen MR) is 128 cm³/mol. The topological polar surface area (TPSA) is 88.2 Å². The molecule has 0 fully saturated rings. The van der Waals surface area contributed by atoms with Crippen molar-refractivity contribution in [3.05, 3.63) is 51.7 Å². The number of benzene rings is 1. The Bertz CT molecular complexity index is 923. The van der Waals surface area contributed by atoms with Crippen molar-refractivity contribution >= 4 is 41.3 Å². The van der Waals surface area contributed by atoms with Gasteiger partial charge in [-0.25, -0.2) is 4.98 Å². The second-order valence-corrected chi connectivity index (χ2v) is 7.75. The molecule has 9 heteroatoms. The molecule has 29 heavy (non-hydrogen) atoms. The summed E-state index contributed by atoms with van der Waals surface area (Å²) in [5.74, 6) is 2.08. The van der Waals surface area contributed by atoms with E-state index in [9.17, 15) is 0 Å². The summed E-state index contributed by atoms with van der Waals surface area (Å²) in [5, 5.41) is 11.8. The molecule has 0 aliphatic carbocycles. The molecule has 0 atom stereocenters. The fraction of sp³-hybridized carbons (Fsp3) is 0.400. The van der Waals surface area contributed by atoms with E-state index in [-0.39, 0.29) is 24.0 Å². The summed E-state index contributed by atoms with van der Waals surface area (Å²) in [4.78, 5) is 14.4. The van der Waals surface area contributed by atoms with Crippen LogP contribution < -0.4 is 10.6 Å². The third kappa shape index (κ3) is 7.07. The highest BCUT2D eigenvalue weighted by Gasteiger charge is 2.09. The zero-order valence-electron chi connectivity index (χ0n) is 16.9. The van der Waals surface area contributed by atoms with Crippen LogP contribution in [0.25, 0.3) is 11.5 Å². The van der Waals surface area contributed by atoms with Crippen LogP contribution in [0.4, 0.5) is 0 Å². The lowest BCUT2D eigenvalue weighted by atomic mass is 10.1. The number of aryl methyl sites for hydroxylation is 2. The van der Waals surface area contributed by atoms with Gasteiger partial charge in [-0.3, -0.25) is 4.99 Å². The molecule has 3 aromatic rings. The van der Waals surface area contributed by atoms with Crippen LogP contribution >= 0.6 is 35.3 Å². The minimum absolute atomic E-state index is 0. The Balaban J connectivity index is 0.00000300. The minimum atomic E-state index is 0. The molecule has 0 bridgehead atoms. The number of nitrogens with one attached hydrogen (secondary N) is 2. The van der Waals surface area contributed by atoms with Crippen LogP contribution in [0.5, 0.6) is 0 Å². The van der Waals surface area contributed by atoms with Gasteiger partial charge in [-0.05, 0) is 31.0 Å². The summed E-state index contributed by atoms with van der Waals surface area (Å²) < 4.78 is 5.38. The van der Waals surface area contributed by atoms with Crippen molar-refractivity contribution in [2.24, 2.45) is 4.99 Å². The van der Waals surface area contributed by atoms with E-state index in [0.29, 0.717) is 12.4 Å². The number of nitrogens with zero attached hydrogens (tertiary/aromatic N) is 4. The molecule has 0 radical (unpaired) electrons. The van der Waals surface area contributed by atoms with Crippen LogP contribution in [0.15, 0.2) is 40.0 Å². The quantitative estimate of drug-likeness (QED) is 0.262. The van der Waals surface area contributed by atoms with E-state index in [0.717, 1.165) is 53.7 Å². The average Bonchev–Trinajstić information content (AvgIpc) is 3.34. The highest BCUT2D eigenvalue weighted by atomic mass is 127. The summed E-state index contributed by atoms with van der Waals surface area (Å²) in [6, 6.07) is 8.10. The number of halogens is 1. The Morgan fingerprint density at radius 1 is 1.24 bits per heavy atom. The maximum absolute atomic E-state index is 5.38. The molecule has 0 unspecified atom stereocenters. The molecule has 0 saturated heterocycles. The molecule has 2 aromatic heterocycles. The van der Waals surface area contributed by atoms with Crippen molar-refractivity contribution in [3.8, 4) is 11.5 Å². The molecule has 3 rings (SSSR count). The largest absolute Gasteiger partial charge is 0.356 e. The molecule has 0 saturated carbocycles. The third-order valence-corrected chi connectivity index (χ3v) is 5.07. The number of guanidine groups is 1. The first kappa shape index (κ1) is 23.3. The van der Waals surface area contributed by atoms with E-state index in [1.165, 1.54) is 4.88 Å². The van der Waals surface area contributed by atoms with E-state index in [1.807, 2.05) is 18.3 Å². The van der Waals surface area contributed by atoms with Crippen molar-refractivity contribution in [2.45, 2.75) is 39.7 Å². The molecule has 0 aliphatic heterocycles. The van der Waals surface area contributed by atoms with Crippen LogP contribution in [-0.4, -0.2) is 34.7 Å². The van der Waals surface area contributed by atoms with Crippen LogP contribution in [0.3, 0.4) is 0 Å². The summed E-state index contributed by atoms with van der Waals surface area (Å²) in [6.07, 6.45) is 4.62. The Kier molecular flexibility index (Phi) is 9.52. The van der Waals surface area contributed by atoms with Crippen LogP contribution in [-0.2, 0) is 19.4 Å². The van der Waals surface area contributed by atoms with Gasteiger partial charge in [0.05, 0.1) is 5.01 Å². The van der Waals surface area contributed by atoms with Gasteiger partial charge in [-0.1, -0.05) is 24.2 Å². The second-order valence-electron chi connectivity index (χ2n) is 6.43. The first-order valence-corrected chi connectivity index (χ1v) is 10.3. The second kappa shape index (κ2) is 11.9. The van der Waals surface area contributed by atoms with Crippen molar-refractivity contribution in [1.82, 2.24) is 25.8 Å². The van der Waals surface area contributed by atoms with E-state index in [1.54, 1.807) is 18.4 Å². The van der Waals surface area contributed by atoms with Gasteiger partial charge in [0.15, 0.2) is 11.8 Å². The number of thiazole rings is 1. The first-order valence-electron chi connectivity index (χ1n) is 9.45. The van der Waals surface area contributed by atoms with Gasteiger partial charge >= 0.3 is 0 Å². The van der Waals surface area contributed by atoms with Crippen LogP contribution in [0.2, 0.25) is 0 Å². The fourth-order valence-corrected chi connectivity index (χ4v) is 3.51. The molecular formula is C20H27IN6OS. The predicted octanol–water partition coefficient (Wildman–Crippen LogP) is 3.98. The Labute approximate surface area is 192 Å².